The summed E-state index contributed by atoms with van der Waals surface area (Å²) < 4.78 is 11.4. The highest BCUT2D eigenvalue weighted by molar-refractivity contribution is 5.88. The summed E-state index contributed by atoms with van der Waals surface area (Å²) >= 11 is 0. The van der Waals surface area contributed by atoms with Gasteiger partial charge < -0.3 is 14.5 Å². The van der Waals surface area contributed by atoms with Crippen molar-refractivity contribution in [3.8, 4) is 5.75 Å². The Bertz CT molecular complexity index is 988. The number of fused-ring (bicyclic) bond motifs is 3. The zero-order valence-electron chi connectivity index (χ0n) is 14.6. The number of carbonyl (C=O) groups excluding carboxylic acids is 1. The number of aryl methyl sites for hydroxylation is 2. The lowest BCUT2D eigenvalue weighted by Crippen LogP contribution is -2.33. The number of carbonyl (C=O) groups is 1. The van der Waals surface area contributed by atoms with Crippen LogP contribution >= 0.6 is 0 Å². The van der Waals surface area contributed by atoms with Gasteiger partial charge >= 0.3 is 0 Å². The van der Waals surface area contributed by atoms with Crippen molar-refractivity contribution in [1.82, 2.24) is 5.32 Å². The quantitative estimate of drug-likeness (QED) is 0.776. The molecule has 1 aliphatic carbocycles. The smallest absolute Gasteiger partial charge is 0.225 e. The summed E-state index contributed by atoms with van der Waals surface area (Å²) in [6, 6.07) is 12.3. The minimum Gasteiger partial charge on any atom is -0.493 e. The molecule has 26 heavy (non-hydrogen) atoms. The van der Waals surface area contributed by atoms with E-state index in [0.717, 1.165) is 47.1 Å². The average Bonchev–Trinajstić information content (AvgIpc) is 3.27. The molecule has 1 amide bonds. The SMILES string of the molecule is O=C(Cc1coc2cc3c(cc12)CCC3)NC1CCOc2ccccc21. The standard InChI is InChI=1S/C22H21NO3/c24-22(23-19-8-9-25-20-7-2-1-6-17(19)20)12-16-13-26-21-11-15-5-3-4-14(15)10-18(16)21/h1-2,6-7,10-11,13,19H,3-5,8-9,12H2,(H,23,24). The number of amides is 1. The van der Waals surface area contributed by atoms with Crippen molar-refractivity contribution in [1.29, 1.82) is 0 Å². The predicted octanol–water partition coefficient (Wildman–Crippen LogP) is 4.10. The van der Waals surface area contributed by atoms with E-state index in [1.54, 1.807) is 6.26 Å². The Morgan fingerprint density at radius 1 is 1.15 bits per heavy atom. The second-order valence-electron chi connectivity index (χ2n) is 7.20. The number of hydrogen-bond donors (Lipinski definition) is 1. The molecule has 0 spiro atoms. The van der Waals surface area contributed by atoms with Crippen molar-refractivity contribution in [2.45, 2.75) is 38.1 Å². The van der Waals surface area contributed by atoms with Gasteiger partial charge in [-0.25, -0.2) is 0 Å². The Hall–Kier alpha value is -2.75. The number of ether oxygens (including phenoxy) is 1. The van der Waals surface area contributed by atoms with Gasteiger partial charge in [-0.15, -0.1) is 0 Å². The van der Waals surface area contributed by atoms with Crippen LogP contribution < -0.4 is 10.1 Å². The summed E-state index contributed by atoms with van der Waals surface area (Å²) in [5.74, 6) is 0.892. The van der Waals surface area contributed by atoms with Crippen LogP contribution in [0.1, 0.15) is 41.1 Å². The van der Waals surface area contributed by atoms with Crippen LogP contribution in [0, 0.1) is 0 Å². The number of nitrogens with one attached hydrogen (secondary N) is 1. The lowest BCUT2D eigenvalue weighted by Gasteiger charge is -2.26. The van der Waals surface area contributed by atoms with Crippen LogP contribution in [0.3, 0.4) is 0 Å². The van der Waals surface area contributed by atoms with Crippen LogP contribution in [0.2, 0.25) is 0 Å². The van der Waals surface area contributed by atoms with Gasteiger partial charge in [0.15, 0.2) is 0 Å². The maximum atomic E-state index is 12.7. The third-order valence-corrected chi connectivity index (χ3v) is 5.51. The fourth-order valence-corrected chi connectivity index (χ4v) is 4.20. The Labute approximate surface area is 152 Å². The molecule has 4 nitrogen and oxygen atoms in total. The van der Waals surface area contributed by atoms with E-state index in [0.29, 0.717) is 13.0 Å². The van der Waals surface area contributed by atoms with Gasteiger partial charge in [-0.1, -0.05) is 18.2 Å². The highest BCUT2D eigenvalue weighted by Gasteiger charge is 2.23. The van der Waals surface area contributed by atoms with E-state index in [1.165, 1.54) is 17.5 Å². The number of hydrogen-bond acceptors (Lipinski definition) is 3. The van der Waals surface area contributed by atoms with Crippen molar-refractivity contribution in [3.05, 3.63) is 64.9 Å². The Morgan fingerprint density at radius 2 is 2.00 bits per heavy atom. The molecule has 0 fully saturated rings. The Balaban J connectivity index is 1.36. The first-order valence-electron chi connectivity index (χ1n) is 9.31. The van der Waals surface area contributed by atoms with Crippen molar-refractivity contribution in [2.75, 3.05) is 6.61 Å². The maximum Gasteiger partial charge on any atom is 0.225 e. The molecular formula is C22H21NO3. The van der Waals surface area contributed by atoms with Gasteiger partial charge in [-0.3, -0.25) is 4.79 Å². The lowest BCUT2D eigenvalue weighted by atomic mass is 10.00. The predicted molar refractivity (Wildman–Crippen MR) is 99.4 cm³/mol. The summed E-state index contributed by atoms with van der Waals surface area (Å²) in [5, 5.41) is 4.25. The molecular weight excluding hydrogens is 326 g/mol. The van der Waals surface area contributed by atoms with Crippen molar-refractivity contribution in [2.24, 2.45) is 0 Å². The molecule has 1 aromatic heterocycles. The van der Waals surface area contributed by atoms with Gasteiger partial charge in [0.05, 0.1) is 25.3 Å². The van der Waals surface area contributed by atoms with Gasteiger partial charge in [0.2, 0.25) is 5.91 Å². The van der Waals surface area contributed by atoms with Crippen LogP contribution in [-0.2, 0) is 24.1 Å². The van der Waals surface area contributed by atoms with Crippen molar-refractivity contribution in [3.63, 3.8) is 0 Å². The van der Waals surface area contributed by atoms with E-state index in [2.05, 4.69) is 17.4 Å². The fraction of sp³-hybridized carbons (Fsp3) is 0.318. The molecule has 3 aromatic rings. The largest absolute Gasteiger partial charge is 0.493 e. The van der Waals surface area contributed by atoms with E-state index in [4.69, 9.17) is 9.15 Å². The Morgan fingerprint density at radius 3 is 2.92 bits per heavy atom. The van der Waals surface area contributed by atoms with Crippen molar-refractivity contribution >= 4 is 16.9 Å². The zero-order valence-corrected chi connectivity index (χ0v) is 14.6. The number of benzene rings is 2. The molecule has 0 bridgehead atoms. The van der Waals surface area contributed by atoms with Gasteiger partial charge in [0, 0.05) is 22.9 Å². The van der Waals surface area contributed by atoms with Crippen LogP contribution in [0.4, 0.5) is 0 Å². The van der Waals surface area contributed by atoms with E-state index in [9.17, 15) is 4.79 Å². The highest BCUT2D eigenvalue weighted by Crippen LogP contribution is 2.33. The lowest BCUT2D eigenvalue weighted by molar-refractivity contribution is -0.121. The van der Waals surface area contributed by atoms with Gasteiger partial charge in [-0.05, 0) is 48.6 Å². The topological polar surface area (TPSA) is 51.5 Å². The summed E-state index contributed by atoms with van der Waals surface area (Å²) in [5.41, 5.74) is 5.71. The minimum atomic E-state index is 0.00913. The van der Waals surface area contributed by atoms with Crippen LogP contribution in [0.15, 0.2) is 47.1 Å². The third kappa shape index (κ3) is 2.66. The molecule has 5 rings (SSSR count). The molecule has 0 saturated carbocycles. The van der Waals surface area contributed by atoms with Crippen LogP contribution in [-0.4, -0.2) is 12.5 Å². The van der Waals surface area contributed by atoms with Gasteiger partial charge in [-0.2, -0.15) is 0 Å². The molecule has 0 saturated heterocycles. The van der Waals surface area contributed by atoms with E-state index >= 15 is 0 Å². The molecule has 1 unspecified atom stereocenters. The number of furan rings is 1. The van der Waals surface area contributed by atoms with Crippen LogP contribution in [0.25, 0.3) is 11.0 Å². The van der Waals surface area contributed by atoms with Crippen LogP contribution in [0.5, 0.6) is 5.75 Å². The zero-order chi connectivity index (χ0) is 17.5. The second-order valence-corrected chi connectivity index (χ2v) is 7.20. The number of para-hydroxylation sites is 1. The highest BCUT2D eigenvalue weighted by atomic mass is 16.5. The molecule has 2 aromatic carbocycles. The molecule has 1 aliphatic heterocycles. The molecule has 4 heteroatoms. The first-order chi connectivity index (χ1) is 12.8. The summed E-state index contributed by atoms with van der Waals surface area (Å²) in [6.07, 6.45) is 6.33. The first kappa shape index (κ1) is 15.5. The third-order valence-electron chi connectivity index (χ3n) is 5.51. The van der Waals surface area contributed by atoms with E-state index in [1.807, 2.05) is 24.3 Å². The average molecular weight is 347 g/mol. The minimum absolute atomic E-state index is 0.00913. The van der Waals surface area contributed by atoms with E-state index in [-0.39, 0.29) is 11.9 Å². The van der Waals surface area contributed by atoms with Crippen molar-refractivity contribution < 1.29 is 13.9 Å². The summed E-state index contributed by atoms with van der Waals surface area (Å²) in [6.45, 7) is 0.628. The van der Waals surface area contributed by atoms with E-state index < -0.39 is 0 Å². The normalized spacial score (nSPS) is 18.2. The molecule has 0 radical (unpaired) electrons. The number of rotatable bonds is 3. The Kier molecular flexibility index (Phi) is 3.70. The second kappa shape index (κ2) is 6.20. The monoisotopic (exact) mass is 347 g/mol. The molecule has 2 heterocycles. The maximum absolute atomic E-state index is 12.7. The van der Waals surface area contributed by atoms with Gasteiger partial charge in [0.25, 0.3) is 0 Å². The molecule has 132 valence electrons. The van der Waals surface area contributed by atoms with Gasteiger partial charge in [0.1, 0.15) is 11.3 Å². The molecule has 2 aliphatic rings. The first-order valence-corrected chi connectivity index (χ1v) is 9.31. The fourth-order valence-electron chi connectivity index (χ4n) is 4.20. The summed E-state index contributed by atoms with van der Waals surface area (Å²) in [4.78, 5) is 12.7. The molecule has 1 atom stereocenters. The molecule has 1 N–H and O–H groups in total. The summed E-state index contributed by atoms with van der Waals surface area (Å²) in [7, 11) is 0.